The highest BCUT2D eigenvalue weighted by Crippen LogP contribution is 2.29. The molecular formula is C16H21N3. The molecule has 0 unspecified atom stereocenters. The van der Waals surface area contributed by atoms with E-state index in [2.05, 4.69) is 10.3 Å². The number of anilines is 2. The van der Waals surface area contributed by atoms with Crippen molar-refractivity contribution in [1.29, 1.82) is 0 Å². The summed E-state index contributed by atoms with van der Waals surface area (Å²) in [5.41, 5.74) is 8.86. The van der Waals surface area contributed by atoms with Gasteiger partial charge in [0.2, 0.25) is 0 Å². The maximum Gasteiger partial charge on any atom is 0.0953 e. The van der Waals surface area contributed by atoms with Gasteiger partial charge in [-0.25, -0.2) is 0 Å². The molecule has 0 aliphatic heterocycles. The smallest absolute Gasteiger partial charge is 0.0953 e. The van der Waals surface area contributed by atoms with E-state index >= 15 is 0 Å². The van der Waals surface area contributed by atoms with Crippen molar-refractivity contribution in [3.05, 3.63) is 30.5 Å². The first-order valence-corrected chi connectivity index (χ1v) is 7.21. The second kappa shape index (κ2) is 5.47. The van der Waals surface area contributed by atoms with Gasteiger partial charge in [-0.05, 0) is 36.6 Å². The van der Waals surface area contributed by atoms with Gasteiger partial charge in [-0.1, -0.05) is 25.7 Å². The summed E-state index contributed by atoms with van der Waals surface area (Å²) in [6.07, 6.45) is 8.72. The Bertz CT molecular complexity index is 559. The minimum atomic E-state index is 0.796. The van der Waals surface area contributed by atoms with Crippen LogP contribution in [0.4, 0.5) is 11.4 Å². The number of hydrogen-bond donors (Lipinski definition) is 2. The van der Waals surface area contributed by atoms with Gasteiger partial charge in [0.15, 0.2) is 0 Å². The average molecular weight is 255 g/mol. The molecule has 0 radical (unpaired) electrons. The van der Waals surface area contributed by atoms with Crippen molar-refractivity contribution in [3.63, 3.8) is 0 Å². The van der Waals surface area contributed by atoms with Crippen LogP contribution in [-0.4, -0.2) is 11.5 Å². The van der Waals surface area contributed by atoms with Crippen LogP contribution in [0.3, 0.4) is 0 Å². The van der Waals surface area contributed by atoms with Gasteiger partial charge in [-0.3, -0.25) is 4.98 Å². The van der Waals surface area contributed by atoms with Crippen molar-refractivity contribution in [2.75, 3.05) is 17.6 Å². The lowest BCUT2D eigenvalue weighted by atomic mass is 10.0. The molecule has 0 amide bonds. The highest BCUT2D eigenvalue weighted by atomic mass is 14.9. The van der Waals surface area contributed by atoms with Gasteiger partial charge in [0.25, 0.3) is 0 Å². The van der Waals surface area contributed by atoms with E-state index in [1.165, 1.54) is 32.1 Å². The Morgan fingerprint density at radius 1 is 1.21 bits per heavy atom. The predicted molar refractivity (Wildman–Crippen MR) is 81.2 cm³/mol. The van der Waals surface area contributed by atoms with Crippen LogP contribution in [0.1, 0.15) is 32.1 Å². The van der Waals surface area contributed by atoms with E-state index in [1.54, 1.807) is 0 Å². The summed E-state index contributed by atoms with van der Waals surface area (Å²) < 4.78 is 0. The third-order valence-corrected chi connectivity index (χ3v) is 4.15. The van der Waals surface area contributed by atoms with Gasteiger partial charge >= 0.3 is 0 Å². The molecule has 0 atom stereocenters. The largest absolute Gasteiger partial charge is 0.398 e. The summed E-state index contributed by atoms with van der Waals surface area (Å²) in [6, 6.07) is 7.96. The molecule has 0 bridgehead atoms. The molecule has 1 fully saturated rings. The maximum atomic E-state index is 5.99. The third kappa shape index (κ3) is 2.65. The van der Waals surface area contributed by atoms with E-state index in [0.29, 0.717) is 0 Å². The number of nitrogens with zero attached hydrogens (tertiary/aromatic N) is 1. The lowest BCUT2D eigenvalue weighted by molar-refractivity contribution is 0.519. The van der Waals surface area contributed by atoms with Crippen molar-refractivity contribution >= 4 is 22.3 Å². The Balaban J connectivity index is 1.72. The van der Waals surface area contributed by atoms with Gasteiger partial charge < -0.3 is 11.1 Å². The van der Waals surface area contributed by atoms with Gasteiger partial charge in [0.05, 0.1) is 11.2 Å². The zero-order valence-electron chi connectivity index (χ0n) is 11.2. The number of nitrogen functional groups attached to an aromatic ring is 1. The van der Waals surface area contributed by atoms with E-state index in [0.717, 1.165) is 34.7 Å². The van der Waals surface area contributed by atoms with E-state index in [1.807, 2.05) is 30.5 Å². The summed E-state index contributed by atoms with van der Waals surface area (Å²) >= 11 is 0. The van der Waals surface area contributed by atoms with Crippen molar-refractivity contribution in [3.8, 4) is 0 Å². The van der Waals surface area contributed by atoms with Gasteiger partial charge in [0, 0.05) is 23.8 Å². The van der Waals surface area contributed by atoms with Crippen LogP contribution < -0.4 is 11.1 Å². The third-order valence-electron chi connectivity index (χ3n) is 4.15. The topological polar surface area (TPSA) is 50.9 Å². The molecule has 1 aromatic heterocycles. The SMILES string of the molecule is Nc1ccc(NCCC2CCCC2)c2ncccc12. The molecule has 3 heteroatoms. The van der Waals surface area contributed by atoms with Gasteiger partial charge in [-0.2, -0.15) is 0 Å². The summed E-state index contributed by atoms with van der Waals surface area (Å²) in [5.74, 6) is 0.917. The van der Waals surface area contributed by atoms with Crippen LogP contribution in [0, 0.1) is 5.92 Å². The molecule has 100 valence electrons. The molecule has 19 heavy (non-hydrogen) atoms. The van der Waals surface area contributed by atoms with E-state index in [-0.39, 0.29) is 0 Å². The fourth-order valence-corrected chi connectivity index (χ4v) is 3.05. The Kier molecular flexibility index (Phi) is 3.53. The van der Waals surface area contributed by atoms with E-state index in [9.17, 15) is 0 Å². The quantitative estimate of drug-likeness (QED) is 0.817. The molecule has 1 saturated carbocycles. The molecule has 1 aliphatic rings. The standard InChI is InChI=1S/C16H21N3/c17-14-7-8-15(16-13(14)6-3-10-19-16)18-11-9-12-4-1-2-5-12/h3,6-8,10,12,18H,1-2,4-5,9,11,17H2. The minimum Gasteiger partial charge on any atom is -0.398 e. The van der Waals surface area contributed by atoms with Gasteiger partial charge in [0.1, 0.15) is 0 Å². The summed E-state index contributed by atoms with van der Waals surface area (Å²) in [6.45, 7) is 1.03. The van der Waals surface area contributed by atoms with Crippen LogP contribution in [0.25, 0.3) is 10.9 Å². The number of pyridine rings is 1. The minimum absolute atomic E-state index is 0.796. The summed E-state index contributed by atoms with van der Waals surface area (Å²) in [7, 11) is 0. The maximum absolute atomic E-state index is 5.99. The number of fused-ring (bicyclic) bond motifs is 1. The normalized spacial score (nSPS) is 16.0. The van der Waals surface area contributed by atoms with Crippen molar-refractivity contribution in [2.24, 2.45) is 5.92 Å². The number of nitrogens with one attached hydrogen (secondary N) is 1. The number of benzene rings is 1. The van der Waals surface area contributed by atoms with E-state index < -0.39 is 0 Å². The molecule has 1 heterocycles. The highest BCUT2D eigenvalue weighted by molar-refractivity contribution is 5.98. The van der Waals surface area contributed by atoms with Crippen LogP contribution in [0.2, 0.25) is 0 Å². The fourth-order valence-electron chi connectivity index (χ4n) is 3.05. The number of rotatable bonds is 4. The fraction of sp³-hybridized carbons (Fsp3) is 0.438. The Hall–Kier alpha value is -1.77. The second-order valence-electron chi connectivity index (χ2n) is 5.47. The lowest BCUT2D eigenvalue weighted by Crippen LogP contribution is -2.07. The predicted octanol–water partition coefficient (Wildman–Crippen LogP) is 3.81. The van der Waals surface area contributed by atoms with Crippen LogP contribution in [-0.2, 0) is 0 Å². The number of hydrogen-bond acceptors (Lipinski definition) is 3. The van der Waals surface area contributed by atoms with Crippen molar-refractivity contribution in [1.82, 2.24) is 4.98 Å². The lowest BCUT2D eigenvalue weighted by Gasteiger charge is -2.13. The van der Waals surface area contributed by atoms with Crippen LogP contribution in [0.5, 0.6) is 0 Å². The molecule has 1 aromatic carbocycles. The zero-order valence-corrected chi connectivity index (χ0v) is 11.2. The van der Waals surface area contributed by atoms with Crippen LogP contribution in [0.15, 0.2) is 30.5 Å². The molecule has 0 saturated heterocycles. The van der Waals surface area contributed by atoms with Crippen LogP contribution >= 0.6 is 0 Å². The second-order valence-corrected chi connectivity index (χ2v) is 5.47. The monoisotopic (exact) mass is 255 g/mol. The zero-order chi connectivity index (χ0) is 13.1. The molecular weight excluding hydrogens is 234 g/mol. The van der Waals surface area contributed by atoms with E-state index in [4.69, 9.17) is 5.73 Å². The molecule has 3 nitrogen and oxygen atoms in total. The Labute approximate surface area is 114 Å². The Morgan fingerprint density at radius 2 is 2.05 bits per heavy atom. The molecule has 1 aliphatic carbocycles. The molecule has 3 rings (SSSR count). The molecule has 3 N–H and O–H groups in total. The summed E-state index contributed by atoms with van der Waals surface area (Å²) in [5, 5.41) is 4.56. The van der Waals surface area contributed by atoms with Crippen molar-refractivity contribution < 1.29 is 0 Å². The first kappa shape index (κ1) is 12.3. The first-order chi connectivity index (χ1) is 9.34. The number of nitrogens with two attached hydrogens (primary N) is 1. The van der Waals surface area contributed by atoms with Crippen molar-refractivity contribution in [2.45, 2.75) is 32.1 Å². The summed E-state index contributed by atoms with van der Waals surface area (Å²) in [4.78, 5) is 4.45. The first-order valence-electron chi connectivity index (χ1n) is 7.21. The number of aromatic nitrogens is 1. The highest BCUT2D eigenvalue weighted by Gasteiger charge is 2.14. The molecule has 2 aromatic rings. The Morgan fingerprint density at radius 3 is 2.89 bits per heavy atom. The molecule has 0 spiro atoms. The van der Waals surface area contributed by atoms with Gasteiger partial charge in [-0.15, -0.1) is 0 Å². The average Bonchev–Trinajstić information content (AvgIpc) is 2.95.